The fourth-order valence-electron chi connectivity index (χ4n) is 1.95. The normalized spacial score (nSPS) is 10.2. The molecule has 24 heavy (non-hydrogen) atoms. The number of carbonyl (C=O) groups is 1. The molecule has 0 aliphatic heterocycles. The first kappa shape index (κ1) is 18.1. The predicted octanol–water partition coefficient (Wildman–Crippen LogP) is 3.51. The highest BCUT2D eigenvalue weighted by Crippen LogP contribution is 2.25. The maximum atomic E-state index is 12.8. The highest BCUT2D eigenvalue weighted by atomic mass is 32.2. The minimum absolute atomic E-state index is 0.0501. The van der Waals surface area contributed by atoms with Crippen LogP contribution in [0.5, 0.6) is 11.5 Å². The summed E-state index contributed by atoms with van der Waals surface area (Å²) in [5, 5.41) is 2.81. The van der Waals surface area contributed by atoms with Gasteiger partial charge < -0.3 is 14.8 Å². The first-order valence-corrected chi connectivity index (χ1v) is 8.58. The van der Waals surface area contributed by atoms with E-state index >= 15 is 0 Å². The highest BCUT2D eigenvalue weighted by molar-refractivity contribution is 7.99. The Morgan fingerprint density at radius 2 is 1.83 bits per heavy atom. The first-order chi connectivity index (χ1) is 11.7. The summed E-state index contributed by atoms with van der Waals surface area (Å²) in [5.74, 6) is 1.58. The van der Waals surface area contributed by atoms with Gasteiger partial charge in [-0.2, -0.15) is 0 Å². The predicted molar refractivity (Wildman–Crippen MR) is 93.2 cm³/mol. The van der Waals surface area contributed by atoms with E-state index in [0.717, 1.165) is 17.1 Å². The Balaban J connectivity index is 1.60. The summed E-state index contributed by atoms with van der Waals surface area (Å²) in [6, 6.07) is 13.6. The molecule has 0 fully saturated rings. The van der Waals surface area contributed by atoms with Gasteiger partial charge >= 0.3 is 0 Å². The molecule has 0 aliphatic carbocycles. The van der Waals surface area contributed by atoms with Gasteiger partial charge in [-0.15, -0.1) is 11.8 Å². The summed E-state index contributed by atoms with van der Waals surface area (Å²) in [5.41, 5.74) is 0. The molecule has 0 atom stereocenters. The van der Waals surface area contributed by atoms with Gasteiger partial charge in [0.15, 0.2) is 18.1 Å². The number of benzene rings is 2. The van der Waals surface area contributed by atoms with Crippen LogP contribution in [0.15, 0.2) is 53.4 Å². The molecule has 1 N–H and O–H groups in total. The molecule has 0 saturated heterocycles. The number of carbonyl (C=O) groups excluding carboxylic acids is 1. The molecule has 2 aromatic rings. The van der Waals surface area contributed by atoms with Crippen molar-refractivity contribution in [3.8, 4) is 11.5 Å². The summed E-state index contributed by atoms with van der Waals surface area (Å²) in [6.45, 7) is 0.522. The van der Waals surface area contributed by atoms with E-state index in [4.69, 9.17) is 9.47 Å². The van der Waals surface area contributed by atoms with Crippen molar-refractivity contribution in [2.24, 2.45) is 0 Å². The minimum atomic E-state index is -0.235. The maximum absolute atomic E-state index is 12.8. The highest BCUT2D eigenvalue weighted by Gasteiger charge is 2.06. The third kappa shape index (κ3) is 6.12. The number of rotatable bonds is 9. The van der Waals surface area contributed by atoms with E-state index in [0.29, 0.717) is 18.0 Å². The Morgan fingerprint density at radius 1 is 1.12 bits per heavy atom. The molecular formula is C18H20FNO3S. The van der Waals surface area contributed by atoms with E-state index in [2.05, 4.69) is 5.32 Å². The number of halogens is 1. The number of hydrogen-bond acceptors (Lipinski definition) is 4. The van der Waals surface area contributed by atoms with Crippen LogP contribution in [0, 0.1) is 5.82 Å². The van der Waals surface area contributed by atoms with E-state index in [1.165, 1.54) is 12.1 Å². The Hall–Kier alpha value is -2.21. The van der Waals surface area contributed by atoms with Crippen LogP contribution < -0.4 is 14.8 Å². The van der Waals surface area contributed by atoms with Gasteiger partial charge in [0, 0.05) is 11.4 Å². The SMILES string of the molecule is COc1ccccc1OCC(=O)NCCCSc1ccc(F)cc1. The van der Waals surface area contributed by atoms with Crippen molar-refractivity contribution in [1.82, 2.24) is 5.32 Å². The Morgan fingerprint density at radius 3 is 2.54 bits per heavy atom. The zero-order valence-electron chi connectivity index (χ0n) is 13.5. The van der Waals surface area contributed by atoms with Gasteiger partial charge in [-0.25, -0.2) is 4.39 Å². The largest absolute Gasteiger partial charge is 0.493 e. The molecule has 1 amide bonds. The molecule has 0 aromatic heterocycles. The third-order valence-corrected chi connectivity index (χ3v) is 4.25. The van der Waals surface area contributed by atoms with Crippen LogP contribution >= 0.6 is 11.8 Å². The number of nitrogens with one attached hydrogen (secondary N) is 1. The quantitative estimate of drug-likeness (QED) is 0.556. The van der Waals surface area contributed by atoms with Crippen molar-refractivity contribution in [1.29, 1.82) is 0 Å². The standard InChI is InChI=1S/C18H20FNO3S/c1-22-16-5-2-3-6-17(16)23-13-18(21)20-11-4-12-24-15-9-7-14(19)8-10-15/h2-3,5-10H,4,11-13H2,1H3,(H,20,21). The number of thioether (sulfide) groups is 1. The van der Waals surface area contributed by atoms with Crippen molar-refractivity contribution in [3.05, 3.63) is 54.3 Å². The Kier molecular flexibility index (Phi) is 7.42. The van der Waals surface area contributed by atoms with E-state index in [-0.39, 0.29) is 18.3 Å². The van der Waals surface area contributed by atoms with Gasteiger partial charge in [0.2, 0.25) is 0 Å². The third-order valence-electron chi connectivity index (χ3n) is 3.15. The minimum Gasteiger partial charge on any atom is -0.493 e. The fourth-order valence-corrected chi connectivity index (χ4v) is 2.81. The number of methoxy groups -OCH3 is 1. The van der Waals surface area contributed by atoms with Gasteiger partial charge in [0.25, 0.3) is 5.91 Å². The summed E-state index contributed by atoms with van der Waals surface area (Å²) in [7, 11) is 1.56. The average Bonchev–Trinajstić information content (AvgIpc) is 2.61. The number of ether oxygens (including phenoxy) is 2. The van der Waals surface area contributed by atoms with Crippen LogP contribution in [0.25, 0.3) is 0 Å². The molecule has 128 valence electrons. The van der Waals surface area contributed by atoms with Crippen LogP contribution in [0.1, 0.15) is 6.42 Å². The van der Waals surface area contributed by atoms with Crippen molar-refractivity contribution >= 4 is 17.7 Å². The van der Waals surface area contributed by atoms with Gasteiger partial charge in [-0.3, -0.25) is 4.79 Å². The molecule has 2 rings (SSSR count). The molecule has 4 nitrogen and oxygen atoms in total. The second-order valence-corrected chi connectivity index (χ2v) is 6.11. The lowest BCUT2D eigenvalue weighted by atomic mass is 10.3. The lowest BCUT2D eigenvalue weighted by Gasteiger charge is -2.10. The number of hydrogen-bond donors (Lipinski definition) is 1. The summed E-state index contributed by atoms with van der Waals surface area (Å²) < 4.78 is 23.4. The van der Waals surface area contributed by atoms with Gasteiger partial charge in [-0.05, 0) is 48.6 Å². The summed E-state index contributed by atoms with van der Waals surface area (Å²) in [6.07, 6.45) is 0.822. The van der Waals surface area contributed by atoms with Gasteiger partial charge in [-0.1, -0.05) is 12.1 Å². The molecule has 0 spiro atoms. The molecule has 0 bridgehead atoms. The zero-order chi connectivity index (χ0) is 17.2. The summed E-state index contributed by atoms with van der Waals surface area (Å²) >= 11 is 1.63. The van der Waals surface area contributed by atoms with E-state index in [1.807, 2.05) is 12.1 Å². The molecule has 6 heteroatoms. The van der Waals surface area contributed by atoms with Crippen molar-refractivity contribution in [2.75, 3.05) is 26.0 Å². The molecule has 0 unspecified atom stereocenters. The second-order valence-electron chi connectivity index (χ2n) is 4.95. The molecular weight excluding hydrogens is 329 g/mol. The summed E-state index contributed by atoms with van der Waals surface area (Å²) in [4.78, 5) is 12.8. The first-order valence-electron chi connectivity index (χ1n) is 7.60. The number of amides is 1. The van der Waals surface area contributed by atoms with Crippen LogP contribution in [0.3, 0.4) is 0 Å². The van der Waals surface area contributed by atoms with Crippen LogP contribution in [-0.2, 0) is 4.79 Å². The van der Waals surface area contributed by atoms with Crippen molar-refractivity contribution in [2.45, 2.75) is 11.3 Å². The second kappa shape index (κ2) is 9.82. The van der Waals surface area contributed by atoms with Gasteiger partial charge in [0.05, 0.1) is 7.11 Å². The fraction of sp³-hybridized carbons (Fsp3) is 0.278. The lowest BCUT2D eigenvalue weighted by Crippen LogP contribution is -2.30. The van der Waals surface area contributed by atoms with Crippen molar-refractivity contribution in [3.63, 3.8) is 0 Å². The Bertz CT molecular complexity index is 649. The molecule has 0 heterocycles. The van der Waals surface area contributed by atoms with Crippen LogP contribution in [-0.4, -0.2) is 31.9 Å². The zero-order valence-corrected chi connectivity index (χ0v) is 14.3. The maximum Gasteiger partial charge on any atom is 0.257 e. The smallest absolute Gasteiger partial charge is 0.257 e. The van der Waals surface area contributed by atoms with Crippen LogP contribution in [0.4, 0.5) is 4.39 Å². The van der Waals surface area contributed by atoms with Gasteiger partial charge in [0.1, 0.15) is 5.82 Å². The van der Waals surface area contributed by atoms with E-state index < -0.39 is 0 Å². The molecule has 0 aliphatic rings. The van der Waals surface area contributed by atoms with E-state index in [1.54, 1.807) is 43.1 Å². The lowest BCUT2D eigenvalue weighted by molar-refractivity contribution is -0.123. The Labute approximate surface area is 145 Å². The van der Waals surface area contributed by atoms with Crippen LogP contribution in [0.2, 0.25) is 0 Å². The van der Waals surface area contributed by atoms with E-state index in [9.17, 15) is 9.18 Å². The monoisotopic (exact) mass is 349 g/mol. The average molecular weight is 349 g/mol. The molecule has 2 aromatic carbocycles. The molecule has 0 radical (unpaired) electrons. The number of para-hydroxylation sites is 2. The molecule has 0 saturated carbocycles. The topological polar surface area (TPSA) is 47.6 Å². The van der Waals surface area contributed by atoms with Crippen molar-refractivity contribution < 1.29 is 18.7 Å².